The molecule has 20 heavy (non-hydrogen) atoms. The fourth-order valence-electron chi connectivity index (χ4n) is 1.82. The van der Waals surface area contributed by atoms with Crippen LogP contribution < -0.4 is 16.0 Å². The van der Waals surface area contributed by atoms with Gasteiger partial charge in [0.25, 0.3) is 5.56 Å². The van der Waals surface area contributed by atoms with Gasteiger partial charge in [0.2, 0.25) is 11.7 Å². The van der Waals surface area contributed by atoms with Crippen molar-refractivity contribution in [2.45, 2.75) is 6.54 Å². The van der Waals surface area contributed by atoms with Crippen LogP contribution in [0, 0.1) is 0 Å². The second-order valence-corrected chi connectivity index (χ2v) is 4.38. The second kappa shape index (κ2) is 5.75. The Labute approximate surface area is 119 Å². The summed E-state index contributed by atoms with van der Waals surface area (Å²) < 4.78 is 6.21. The van der Waals surface area contributed by atoms with Crippen LogP contribution in [0.4, 0.5) is 0 Å². The molecule has 1 amide bonds. The van der Waals surface area contributed by atoms with Crippen molar-refractivity contribution in [1.29, 1.82) is 0 Å². The first kappa shape index (κ1) is 14.1. The van der Waals surface area contributed by atoms with Crippen LogP contribution in [0.15, 0.2) is 35.4 Å². The average Bonchev–Trinajstić information content (AvgIpc) is 2.43. The van der Waals surface area contributed by atoms with E-state index in [4.69, 9.17) is 22.1 Å². The molecule has 6 nitrogen and oxygen atoms in total. The lowest BCUT2D eigenvalue weighted by atomic mass is 10.1. The van der Waals surface area contributed by atoms with Crippen molar-refractivity contribution in [3.05, 3.63) is 57.2 Å². The highest BCUT2D eigenvalue weighted by Gasteiger charge is 2.13. The number of halogens is 1. The van der Waals surface area contributed by atoms with E-state index in [1.165, 1.54) is 18.0 Å². The highest BCUT2D eigenvalue weighted by atomic mass is 35.5. The largest absolute Gasteiger partial charge is 0.489 e. The van der Waals surface area contributed by atoms with Gasteiger partial charge in [-0.25, -0.2) is 4.98 Å². The number of carbonyl (C=O) groups excluding carboxylic acids is 1. The number of amides is 1. The molecule has 2 aromatic rings. The van der Waals surface area contributed by atoms with Crippen molar-refractivity contribution in [2.75, 3.05) is 7.11 Å². The lowest BCUT2D eigenvalue weighted by Crippen LogP contribution is -2.24. The molecule has 2 N–H and O–H groups in total. The summed E-state index contributed by atoms with van der Waals surface area (Å²) in [4.78, 5) is 27.3. The Bertz CT molecular complexity index is 712. The maximum Gasteiger partial charge on any atom is 0.297 e. The molecule has 1 aromatic carbocycles. The number of hydrogen-bond acceptors (Lipinski definition) is 4. The molecule has 0 bridgehead atoms. The lowest BCUT2D eigenvalue weighted by molar-refractivity contribution is 0.0999. The zero-order chi connectivity index (χ0) is 14.7. The van der Waals surface area contributed by atoms with E-state index in [0.29, 0.717) is 11.1 Å². The summed E-state index contributed by atoms with van der Waals surface area (Å²) in [7, 11) is 1.34. The minimum absolute atomic E-state index is 0.00284. The van der Waals surface area contributed by atoms with Crippen LogP contribution in [-0.4, -0.2) is 22.6 Å². The second-order valence-electron chi connectivity index (χ2n) is 4.02. The Morgan fingerprint density at radius 3 is 2.80 bits per heavy atom. The number of methoxy groups -OCH3 is 1. The summed E-state index contributed by atoms with van der Waals surface area (Å²) in [6, 6.07) is 6.78. The highest BCUT2D eigenvalue weighted by molar-refractivity contribution is 6.30. The fourth-order valence-corrected chi connectivity index (χ4v) is 2.02. The molecule has 0 aliphatic rings. The van der Waals surface area contributed by atoms with Gasteiger partial charge in [0.15, 0.2) is 5.15 Å². The van der Waals surface area contributed by atoms with Crippen LogP contribution in [0.25, 0.3) is 0 Å². The first-order valence-electron chi connectivity index (χ1n) is 5.71. The summed E-state index contributed by atoms with van der Waals surface area (Å²) in [6.07, 6.45) is 1.30. The Morgan fingerprint density at radius 1 is 1.45 bits per heavy atom. The standard InChI is InChI=1S/C13H12ClN3O3/c1-20-10-11(14)16-7-17(13(10)19)6-8-4-2-3-5-9(8)12(15)18/h2-5,7H,6H2,1H3,(H2,15,18). The van der Waals surface area contributed by atoms with Gasteiger partial charge < -0.3 is 10.5 Å². The topological polar surface area (TPSA) is 87.2 Å². The van der Waals surface area contributed by atoms with Crippen LogP contribution in [0.3, 0.4) is 0 Å². The van der Waals surface area contributed by atoms with Crippen LogP contribution >= 0.6 is 11.6 Å². The maximum absolute atomic E-state index is 12.1. The van der Waals surface area contributed by atoms with Gasteiger partial charge in [0.1, 0.15) is 0 Å². The van der Waals surface area contributed by atoms with Crippen LogP contribution in [0.2, 0.25) is 5.15 Å². The normalized spacial score (nSPS) is 10.3. The Kier molecular flexibility index (Phi) is 4.05. The third kappa shape index (κ3) is 2.65. The van der Waals surface area contributed by atoms with Gasteiger partial charge in [0, 0.05) is 5.56 Å². The van der Waals surface area contributed by atoms with E-state index in [2.05, 4.69) is 4.98 Å². The Hall–Kier alpha value is -2.34. The third-order valence-electron chi connectivity index (χ3n) is 2.78. The summed E-state index contributed by atoms with van der Waals surface area (Å²) in [5.74, 6) is -0.590. The average molecular weight is 294 g/mol. The van der Waals surface area contributed by atoms with Crippen molar-refractivity contribution in [1.82, 2.24) is 9.55 Å². The number of hydrogen-bond donors (Lipinski definition) is 1. The number of primary amides is 1. The molecule has 7 heteroatoms. The highest BCUT2D eigenvalue weighted by Crippen LogP contribution is 2.16. The molecule has 0 fully saturated rings. The van der Waals surface area contributed by atoms with E-state index < -0.39 is 11.5 Å². The number of benzene rings is 1. The quantitative estimate of drug-likeness (QED) is 0.854. The lowest BCUT2D eigenvalue weighted by Gasteiger charge is -2.10. The molecular formula is C13H12ClN3O3. The predicted octanol–water partition coefficient (Wildman–Crippen LogP) is 1.05. The van der Waals surface area contributed by atoms with Gasteiger partial charge in [-0.3, -0.25) is 14.2 Å². The van der Waals surface area contributed by atoms with Crippen LogP contribution in [0.5, 0.6) is 5.75 Å². The smallest absolute Gasteiger partial charge is 0.297 e. The van der Waals surface area contributed by atoms with E-state index in [9.17, 15) is 9.59 Å². The van der Waals surface area contributed by atoms with E-state index >= 15 is 0 Å². The van der Waals surface area contributed by atoms with Gasteiger partial charge >= 0.3 is 0 Å². The molecule has 0 atom stereocenters. The number of nitrogens with zero attached hydrogens (tertiary/aromatic N) is 2. The number of rotatable bonds is 4. The molecule has 2 rings (SSSR count). The zero-order valence-electron chi connectivity index (χ0n) is 10.7. The first-order chi connectivity index (χ1) is 9.54. The Balaban J connectivity index is 2.46. The summed E-state index contributed by atoms with van der Waals surface area (Å²) >= 11 is 5.76. The SMILES string of the molecule is COc1c(Cl)ncn(Cc2ccccc2C(N)=O)c1=O. The molecular weight excluding hydrogens is 282 g/mol. The monoisotopic (exact) mass is 293 g/mol. The van der Waals surface area contributed by atoms with Crippen molar-refractivity contribution >= 4 is 17.5 Å². The maximum atomic E-state index is 12.1. The molecule has 0 saturated heterocycles. The van der Waals surface area contributed by atoms with Gasteiger partial charge in [-0.2, -0.15) is 0 Å². The summed E-state index contributed by atoms with van der Waals surface area (Å²) in [5.41, 5.74) is 5.85. The van der Waals surface area contributed by atoms with Gasteiger partial charge in [-0.05, 0) is 11.6 Å². The number of nitrogens with two attached hydrogens (primary N) is 1. The van der Waals surface area contributed by atoms with E-state index in [1.54, 1.807) is 24.3 Å². The molecule has 0 unspecified atom stereocenters. The molecule has 0 saturated carbocycles. The molecule has 0 spiro atoms. The first-order valence-corrected chi connectivity index (χ1v) is 6.09. The number of aromatic nitrogens is 2. The molecule has 0 aliphatic heterocycles. The molecule has 1 aromatic heterocycles. The predicted molar refractivity (Wildman–Crippen MR) is 74.1 cm³/mol. The van der Waals surface area contributed by atoms with E-state index in [1.807, 2.05) is 0 Å². The Morgan fingerprint density at radius 2 is 2.15 bits per heavy atom. The minimum atomic E-state index is -0.553. The summed E-state index contributed by atoms with van der Waals surface area (Å²) in [6.45, 7) is 0.151. The van der Waals surface area contributed by atoms with Crippen molar-refractivity contribution in [3.8, 4) is 5.75 Å². The zero-order valence-corrected chi connectivity index (χ0v) is 11.4. The molecule has 0 aliphatic carbocycles. The third-order valence-corrected chi connectivity index (χ3v) is 3.05. The van der Waals surface area contributed by atoms with Crippen molar-refractivity contribution in [3.63, 3.8) is 0 Å². The van der Waals surface area contributed by atoms with Gasteiger partial charge in [-0.15, -0.1) is 0 Å². The van der Waals surface area contributed by atoms with E-state index in [-0.39, 0.29) is 17.4 Å². The molecule has 1 heterocycles. The number of carbonyl (C=O) groups is 1. The van der Waals surface area contributed by atoms with Crippen molar-refractivity contribution in [2.24, 2.45) is 5.73 Å². The summed E-state index contributed by atoms with van der Waals surface area (Å²) in [5, 5.41) is -0.00284. The molecule has 0 radical (unpaired) electrons. The van der Waals surface area contributed by atoms with Crippen LogP contribution in [0.1, 0.15) is 15.9 Å². The van der Waals surface area contributed by atoms with E-state index in [0.717, 1.165) is 0 Å². The fraction of sp³-hybridized carbons (Fsp3) is 0.154. The van der Waals surface area contributed by atoms with Gasteiger partial charge in [-0.1, -0.05) is 29.8 Å². The minimum Gasteiger partial charge on any atom is -0.489 e. The molecule has 104 valence electrons. The van der Waals surface area contributed by atoms with Crippen molar-refractivity contribution < 1.29 is 9.53 Å². The van der Waals surface area contributed by atoms with Gasteiger partial charge in [0.05, 0.1) is 20.0 Å². The van der Waals surface area contributed by atoms with Crippen LogP contribution in [-0.2, 0) is 6.54 Å². The number of ether oxygens (including phenoxy) is 1.